The average molecular weight is 393 g/mol. The van der Waals surface area contributed by atoms with Crippen LogP contribution in [0, 0.1) is 0 Å². The van der Waals surface area contributed by atoms with Gasteiger partial charge in [0, 0.05) is 35.8 Å². The van der Waals surface area contributed by atoms with Crippen molar-refractivity contribution in [1.82, 2.24) is 0 Å². The van der Waals surface area contributed by atoms with Crippen molar-refractivity contribution >= 4 is 22.7 Å². The van der Waals surface area contributed by atoms with Gasteiger partial charge in [-0.3, -0.25) is 0 Å². The zero-order valence-corrected chi connectivity index (χ0v) is 17.3. The Morgan fingerprint density at radius 2 is 0.567 bits per heavy atom. The lowest BCUT2D eigenvalue weighted by molar-refractivity contribution is 0.730. The minimum Gasteiger partial charge on any atom is -0.341 e. The summed E-state index contributed by atoms with van der Waals surface area (Å²) in [5.74, 6) is 0. The van der Waals surface area contributed by atoms with Crippen molar-refractivity contribution in [2.24, 2.45) is 0 Å². The van der Waals surface area contributed by atoms with E-state index in [2.05, 4.69) is 131 Å². The summed E-state index contributed by atoms with van der Waals surface area (Å²) in [6.07, 6.45) is 2.22. The Bertz CT molecular complexity index is 822. The number of benzene rings is 4. The zero-order chi connectivity index (χ0) is 20.4. The third-order valence-corrected chi connectivity index (χ3v) is 5.28. The summed E-state index contributed by atoms with van der Waals surface area (Å²) in [7, 11) is 0. The van der Waals surface area contributed by atoms with Gasteiger partial charge in [0.1, 0.15) is 0 Å². The molecule has 0 atom stereocenters. The van der Waals surface area contributed by atoms with E-state index in [0.29, 0.717) is 0 Å². The highest BCUT2D eigenvalue weighted by Crippen LogP contribution is 2.27. The van der Waals surface area contributed by atoms with Crippen LogP contribution in [0.25, 0.3) is 0 Å². The van der Waals surface area contributed by atoms with Crippen LogP contribution in [-0.2, 0) is 0 Å². The standard InChI is InChI=1S/C28H28N2/c1-5-15-25(16-6-1)29(26-17-7-2-8-18-26)23-13-14-24-30(27-19-9-3-10-20-27)28-21-11-4-12-22-28/h1-12,15-22H,13-14,23-24H2. The van der Waals surface area contributed by atoms with Crippen LogP contribution in [0.2, 0.25) is 0 Å². The van der Waals surface area contributed by atoms with Crippen LogP contribution in [0.4, 0.5) is 22.7 Å². The maximum atomic E-state index is 2.41. The van der Waals surface area contributed by atoms with Gasteiger partial charge in [-0.1, -0.05) is 72.8 Å². The molecule has 4 aromatic carbocycles. The molecule has 0 aromatic heterocycles. The van der Waals surface area contributed by atoms with Gasteiger partial charge in [0.15, 0.2) is 0 Å². The van der Waals surface area contributed by atoms with Gasteiger partial charge in [-0.05, 0) is 61.4 Å². The average Bonchev–Trinajstić information content (AvgIpc) is 2.84. The predicted octanol–water partition coefficient (Wildman–Crippen LogP) is 7.44. The van der Waals surface area contributed by atoms with E-state index in [0.717, 1.165) is 25.9 Å². The van der Waals surface area contributed by atoms with E-state index in [1.165, 1.54) is 22.7 Å². The highest BCUT2D eigenvalue weighted by Gasteiger charge is 2.11. The van der Waals surface area contributed by atoms with Crippen molar-refractivity contribution < 1.29 is 0 Å². The number of hydrogen-bond donors (Lipinski definition) is 0. The molecule has 0 spiro atoms. The van der Waals surface area contributed by atoms with Crippen molar-refractivity contribution in [3.05, 3.63) is 121 Å². The second-order valence-corrected chi connectivity index (χ2v) is 7.35. The van der Waals surface area contributed by atoms with Gasteiger partial charge >= 0.3 is 0 Å². The summed E-state index contributed by atoms with van der Waals surface area (Å²) >= 11 is 0. The molecular weight excluding hydrogens is 364 g/mol. The molecule has 0 N–H and O–H groups in total. The molecule has 30 heavy (non-hydrogen) atoms. The highest BCUT2D eigenvalue weighted by molar-refractivity contribution is 5.64. The minimum absolute atomic E-state index is 0.992. The number of rotatable bonds is 9. The third-order valence-electron chi connectivity index (χ3n) is 5.28. The normalized spacial score (nSPS) is 10.5. The smallest absolute Gasteiger partial charge is 0.0410 e. The molecule has 0 aliphatic rings. The van der Waals surface area contributed by atoms with Gasteiger partial charge in [0.2, 0.25) is 0 Å². The highest BCUT2D eigenvalue weighted by atomic mass is 15.1. The lowest BCUT2D eigenvalue weighted by Gasteiger charge is -2.27. The van der Waals surface area contributed by atoms with Gasteiger partial charge in [-0.2, -0.15) is 0 Å². The first-order chi connectivity index (χ1) is 14.9. The molecule has 0 amide bonds. The van der Waals surface area contributed by atoms with Gasteiger partial charge in [0.25, 0.3) is 0 Å². The fourth-order valence-corrected chi connectivity index (χ4v) is 3.79. The molecule has 0 heterocycles. The second kappa shape index (κ2) is 10.3. The molecule has 0 fully saturated rings. The van der Waals surface area contributed by atoms with Crippen molar-refractivity contribution in [2.75, 3.05) is 22.9 Å². The van der Waals surface area contributed by atoms with Gasteiger partial charge in [-0.15, -0.1) is 0 Å². The largest absolute Gasteiger partial charge is 0.341 e. The van der Waals surface area contributed by atoms with Crippen LogP contribution in [0.1, 0.15) is 12.8 Å². The van der Waals surface area contributed by atoms with Crippen LogP contribution in [-0.4, -0.2) is 13.1 Å². The molecule has 150 valence electrons. The molecule has 0 bridgehead atoms. The van der Waals surface area contributed by atoms with Crippen LogP contribution in [0.15, 0.2) is 121 Å². The minimum atomic E-state index is 0.992. The van der Waals surface area contributed by atoms with Crippen LogP contribution < -0.4 is 9.80 Å². The Labute approximate surface area is 180 Å². The van der Waals surface area contributed by atoms with E-state index in [1.807, 2.05) is 0 Å². The van der Waals surface area contributed by atoms with Gasteiger partial charge in [0.05, 0.1) is 0 Å². The number of para-hydroxylation sites is 4. The molecule has 4 rings (SSSR count). The van der Waals surface area contributed by atoms with Gasteiger partial charge < -0.3 is 9.80 Å². The number of hydrogen-bond acceptors (Lipinski definition) is 2. The molecule has 0 saturated carbocycles. The molecule has 0 aliphatic carbocycles. The second-order valence-electron chi connectivity index (χ2n) is 7.35. The van der Waals surface area contributed by atoms with Crippen molar-refractivity contribution in [3.63, 3.8) is 0 Å². The Morgan fingerprint density at radius 1 is 0.333 bits per heavy atom. The first-order valence-electron chi connectivity index (χ1n) is 10.7. The Hall–Kier alpha value is -3.52. The lowest BCUT2D eigenvalue weighted by atomic mass is 10.1. The topological polar surface area (TPSA) is 6.48 Å². The molecule has 4 aromatic rings. The zero-order valence-electron chi connectivity index (χ0n) is 17.3. The van der Waals surface area contributed by atoms with E-state index in [9.17, 15) is 0 Å². The fraction of sp³-hybridized carbons (Fsp3) is 0.143. The Kier molecular flexibility index (Phi) is 6.80. The first-order valence-corrected chi connectivity index (χ1v) is 10.7. The summed E-state index contributed by atoms with van der Waals surface area (Å²) in [5.41, 5.74) is 4.97. The fourth-order valence-electron chi connectivity index (χ4n) is 3.79. The molecule has 0 aliphatic heterocycles. The van der Waals surface area contributed by atoms with Crippen LogP contribution in [0.5, 0.6) is 0 Å². The molecule has 2 heteroatoms. The molecule has 0 saturated heterocycles. The number of unbranched alkanes of at least 4 members (excludes halogenated alkanes) is 1. The summed E-state index contributed by atoms with van der Waals surface area (Å²) in [4.78, 5) is 4.82. The third kappa shape index (κ3) is 5.09. The Morgan fingerprint density at radius 3 is 0.800 bits per heavy atom. The Balaban J connectivity index is 1.45. The predicted molar refractivity (Wildman–Crippen MR) is 129 cm³/mol. The van der Waals surface area contributed by atoms with Crippen molar-refractivity contribution in [3.8, 4) is 0 Å². The molecule has 2 nitrogen and oxygen atoms in total. The quantitative estimate of drug-likeness (QED) is 0.273. The summed E-state index contributed by atoms with van der Waals surface area (Å²) in [5, 5.41) is 0. The molecule has 0 radical (unpaired) electrons. The van der Waals surface area contributed by atoms with E-state index >= 15 is 0 Å². The maximum absolute atomic E-state index is 2.41. The van der Waals surface area contributed by atoms with Crippen molar-refractivity contribution in [2.45, 2.75) is 12.8 Å². The number of anilines is 4. The monoisotopic (exact) mass is 392 g/mol. The van der Waals surface area contributed by atoms with Gasteiger partial charge in [-0.25, -0.2) is 0 Å². The van der Waals surface area contributed by atoms with E-state index in [1.54, 1.807) is 0 Å². The maximum Gasteiger partial charge on any atom is 0.0410 e. The molecular formula is C28H28N2. The summed E-state index contributed by atoms with van der Waals surface area (Å²) in [6, 6.07) is 42.7. The lowest BCUT2D eigenvalue weighted by Crippen LogP contribution is -2.22. The van der Waals surface area contributed by atoms with Crippen LogP contribution in [0.3, 0.4) is 0 Å². The molecule has 0 unspecified atom stereocenters. The van der Waals surface area contributed by atoms with E-state index in [-0.39, 0.29) is 0 Å². The van der Waals surface area contributed by atoms with Crippen LogP contribution >= 0.6 is 0 Å². The summed E-state index contributed by atoms with van der Waals surface area (Å²) in [6.45, 7) is 1.98. The SMILES string of the molecule is c1ccc(N(CCCCN(c2ccccc2)c2ccccc2)c2ccccc2)cc1. The first kappa shape index (κ1) is 19.8. The summed E-state index contributed by atoms with van der Waals surface area (Å²) < 4.78 is 0. The van der Waals surface area contributed by atoms with Crippen molar-refractivity contribution in [1.29, 1.82) is 0 Å². The van der Waals surface area contributed by atoms with E-state index in [4.69, 9.17) is 0 Å². The number of nitrogens with zero attached hydrogens (tertiary/aromatic N) is 2. The van der Waals surface area contributed by atoms with E-state index < -0.39 is 0 Å².